The third-order valence-electron chi connectivity index (χ3n) is 3.82. The largest absolute Gasteiger partial charge is 0.343 e. The zero-order chi connectivity index (χ0) is 24.0. The van der Waals surface area contributed by atoms with Crippen LogP contribution in [0.4, 0.5) is 11.4 Å². The van der Waals surface area contributed by atoms with Crippen molar-refractivity contribution in [2.24, 2.45) is 0 Å². The van der Waals surface area contributed by atoms with Gasteiger partial charge in [-0.1, -0.05) is 6.07 Å². The highest BCUT2D eigenvalue weighted by molar-refractivity contribution is 5.96. The molecular weight excluding hydrogens is 426 g/mol. The lowest BCUT2D eigenvalue weighted by atomic mass is 10.3. The second-order valence-corrected chi connectivity index (χ2v) is 6.54. The Hall–Kier alpha value is -4.69. The van der Waals surface area contributed by atoms with E-state index in [0.29, 0.717) is 5.82 Å². The van der Waals surface area contributed by atoms with E-state index in [4.69, 9.17) is 0 Å². The Balaban J connectivity index is 0.000000244. The molecule has 0 aliphatic heterocycles. The van der Waals surface area contributed by atoms with Crippen molar-refractivity contribution in [3.05, 3.63) is 68.4 Å². The van der Waals surface area contributed by atoms with Crippen molar-refractivity contribution in [1.82, 2.24) is 34.8 Å². The molecule has 0 saturated heterocycles. The van der Waals surface area contributed by atoms with Crippen LogP contribution in [0.3, 0.4) is 0 Å². The van der Waals surface area contributed by atoms with Crippen LogP contribution in [0.1, 0.15) is 21.0 Å². The van der Waals surface area contributed by atoms with Gasteiger partial charge in [-0.3, -0.25) is 34.9 Å². The van der Waals surface area contributed by atoms with Gasteiger partial charge in [0.15, 0.2) is 5.82 Å². The Morgan fingerprint density at radius 1 is 1.00 bits per heavy atom. The molecule has 0 aliphatic rings. The molecule has 15 nitrogen and oxygen atoms in total. The summed E-state index contributed by atoms with van der Waals surface area (Å²) < 4.78 is 1.22. The Morgan fingerprint density at radius 2 is 1.62 bits per heavy atom. The van der Waals surface area contributed by atoms with Crippen molar-refractivity contribution in [2.75, 3.05) is 28.2 Å². The van der Waals surface area contributed by atoms with Gasteiger partial charge in [-0.25, -0.2) is 9.67 Å². The summed E-state index contributed by atoms with van der Waals surface area (Å²) in [4.78, 5) is 49.7. The molecule has 3 aromatic heterocycles. The molecule has 1 N–H and O–H groups in total. The van der Waals surface area contributed by atoms with Crippen LogP contribution in [0, 0.1) is 20.2 Å². The van der Waals surface area contributed by atoms with Gasteiger partial charge in [0.25, 0.3) is 11.8 Å². The molecule has 0 unspecified atom stereocenters. The number of nitro groups is 2. The Bertz CT molecular complexity index is 1140. The lowest BCUT2D eigenvalue weighted by molar-refractivity contribution is -0.385. The predicted octanol–water partition coefficient (Wildman–Crippen LogP) is 0.897. The standard InChI is InChI=1S/C11H11N5O3.C6H8N4O3/c1-14(2)11(17)10-8(16(18)19)7-15(13-10)9-5-3-4-6-12-9;1-9(2)6(11)5-4(10(12)13)3-7-8-5/h3-7H,1-2H3;3H,1-2H3,(H,7,8). The summed E-state index contributed by atoms with van der Waals surface area (Å²) in [7, 11) is 6.03. The number of rotatable bonds is 5. The molecule has 3 aromatic rings. The minimum Gasteiger partial charge on any atom is -0.343 e. The lowest BCUT2D eigenvalue weighted by Crippen LogP contribution is -2.23. The average molecular weight is 445 g/mol. The van der Waals surface area contributed by atoms with Crippen molar-refractivity contribution in [2.45, 2.75) is 0 Å². The summed E-state index contributed by atoms with van der Waals surface area (Å²) in [5.74, 6) is -0.589. The number of aromatic amines is 1. The summed E-state index contributed by atoms with van der Waals surface area (Å²) >= 11 is 0. The lowest BCUT2D eigenvalue weighted by Gasteiger charge is -2.06. The molecule has 168 valence electrons. The molecule has 15 heteroatoms. The van der Waals surface area contributed by atoms with Crippen LogP contribution in [0.25, 0.3) is 5.82 Å². The van der Waals surface area contributed by atoms with Gasteiger partial charge in [0.1, 0.15) is 12.4 Å². The normalized spacial score (nSPS) is 10.0. The maximum absolute atomic E-state index is 11.8. The third kappa shape index (κ3) is 5.26. The molecule has 0 bridgehead atoms. The molecule has 0 radical (unpaired) electrons. The van der Waals surface area contributed by atoms with Gasteiger partial charge in [-0.2, -0.15) is 10.2 Å². The molecule has 3 rings (SSSR count). The summed E-state index contributed by atoms with van der Waals surface area (Å²) in [6, 6.07) is 5.08. The molecule has 0 aromatic carbocycles. The number of hydrogen-bond donors (Lipinski definition) is 1. The van der Waals surface area contributed by atoms with Crippen LogP contribution in [-0.2, 0) is 0 Å². The van der Waals surface area contributed by atoms with E-state index in [1.54, 1.807) is 18.2 Å². The van der Waals surface area contributed by atoms with Crippen molar-refractivity contribution in [3.63, 3.8) is 0 Å². The van der Waals surface area contributed by atoms with E-state index in [9.17, 15) is 29.8 Å². The van der Waals surface area contributed by atoms with Gasteiger partial charge in [-0.15, -0.1) is 0 Å². The summed E-state index contributed by atoms with van der Waals surface area (Å²) in [5.41, 5.74) is -0.960. The molecular formula is C17H19N9O6. The van der Waals surface area contributed by atoms with E-state index in [0.717, 1.165) is 6.20 Å². The fraction of sp³-hybridized carbons (Fsp3) is 0.235. The van der Waals surface area contributed by atoms with E-state index in [1.807, 2.05) is 0 Å². The van der Waals surface area contributed by atoms with Crippen molar-refractivity contribution >= 4 is 23.2 Å². The van der Waals surface area contributed by atoms with Crippen LogP contribution in [-0.4, -0.2) is 84.6 Å². The number of nitrogens with one attached hydrogen (secondary N) is 1. The Morgan fingerprint density at radius 3 is 2.12 bits per heavy atom. The molecule has 0 saturated carbocycles. The fourth-order valence-electron chi connectivity index (χ4n) is 2.27. The van der Waals surface area contributed by atoms with E-state index < -0.39 is 21.7 Å². The molecule has 3 heterocycles. The summed E-state index contributed by atoms with van der Waals surface area (Å²) in [5, 5.41) is 31.0. The van der Waals surface area contributed by atoms with Gasteiger partial charge in [0.05, 0.1) is 9.85 Å². The van der Waals surface area contributed by atoms with E-state index >= 15 is 0 Å². The Kier molecular flexibility index (Phi) is 7.28. The first-order valence-corrected chi connectivity index (χ1v) is 8.81. The molecule has 2 amide bonds. The fourth-order valence-corrected chi connectivity index (χ4v) is 2.27. The number of hydrogen-bond acceptors (Lipinski definition) is 9. The number of aromatic nitrogens is 5. The van der Waals surface area contributed by atoms with Gasteiger partial charge >= 0.3 is 11.4 Å². The smallest absolute Gasteiger partial charge is 0.320 e. The van der Waals surface area contributed by atoms with Crippen LogP contribution >= 0.6 is 0 Å². The molecule has 0 atom stereocenters. The maximum atomic E-state index is 11.8. The predicted molar refractivity (Wildman–Crippen MR) is 109 cm³/mol. The van der Waals surface area contributed by atoms with E-state index in [1.165, 1.54) is 55.1 Å². The van der Waals surface area contributed by atoms with Crippen molar-refractivity contribution in [1.29, 1.82) is 0 Å². The van der Waals surface area contributed by atoms with E-state index in [2.05, 4.69) is 20.3 Å². The maximum Gasteiger partial charge on any atom is 0.320 e. The van der Waals surface area contributed by atoms with Gasteiger partial charge in [0.2, 0.25) is 11.4 Å². The first-order chi connectivity index (χ1) is 15.0. The zero-order valence-corrected chi connectivity index (χ0v) is 17.5. The number of H-pyrrole nitrogens is 1. The number of pyridine rings is 1. The summed E-state index contributed by atoms with van der Waals surface area (Å²) in [6.07, 6.45) is 3.73. The number of carbonyl (C=O) groups is 2. The molecule has 32 heavy (non-hydrogen) atoms. The number of amides is 2. The van der Waals surface area contributed by atoms with Gasteiger partial charge in [-0.05, 0) is 12.1 Å². The van der Waals surface area contributed by atoms with Crippen LogP contribution < -0.4 is 0 Å². The minimum absolute atomic E-state index is 0.102. The highest BCUT2D eigenvalue weighted by Crippen LogP contribution is 2.20. The SMILES string of the molecule is CN(C)C(=O)c1[nH]ncc1[N+](=O)[O-].CN(C)C(=O)c1nn(-c2ccccn2)cc1[N+](=O)[O-]. The van der Waals surface area contributed by atoms with Crippen LogP contribution in [0.15, 0.2) is 36.8 Å². The highest BCUT2D eigenvalue weighted by atomic mass is 16.6. The van der Waals surface area contributed by atoms with Crippen LogP contribution in [0.2, 0.25) is 0 Å². The zero-order valence-electron chi connectivity index (χ0n) is 17.5. The first kappa shape index (κ1) is 23.6. The molecule has 0 aliphatic carbocycles. The quantitative estimate of drug-likeness (QED) is 0.439. The first-order valence-electron chi connectivity index (χ1n) is 8.81. The number of nitrogens with zero attached hydrogens (tertiary/aromatic N) is 8. The summed E-state index contributed by atoms with van der Waals surface area (Å²) in [6.45, 7) is 0. The third-order valence-corrected chi connectivity index (χ3v) is 3.82. The van der Waals surface area contributed by atoms with Crippen LogP contribution in [0.5, 0.6) is 0 Å². The second kappa shape index (κ2) is 9.88. The molecule has 0 fully saturated rings. The van der Waals surface area contributed by atoms with E-state index in [-0.39, 0.29) is 22.8 Å². The van der Waals surface area contributed by atoms with Crippen molar-refractivity contribution < 1.29 is 19.4 Å². The molecule has 0 spiro atoms. The van der Waals surface area contributed by atoms with Gasteiger partial charge < -0.3 is 9.80 Å². The minimum atomic E-state index is -0.653. The van der Waals surface area contributed by atoms with Crippen molar-refractivity contribution in [3.8, 4) is 5.82 Å². The monoisotopic (exact) mass is 445 g/mol. The second-order valence-electron chi connectivity index (χ2n) is 6.54. The van der Waals surface area contributed by atoms with Gasteiger partial charge in [0, 0.05) is 34.4 Å². The number of carbonyl (C=O) groups excluding carboxylic acids is 2. The average Bonchev–Trinajstić information content (AvgIpc) is 3.41. The topological polar surface area (TPSA) is 186 Å². The highest BCUT2D eigenvalue weighted by Gasteiger charge is 2.27. The Labute approximate surface area is 180 Å².